The summed E-state index contributed by atoms with van der Waals surface area (Å²) in [5.74, 6) is 0.519. The quantitative estimate of drug-likeness (QED) is 0.786. The molecule has 2 rings (SSSR count). The highest BCUT2D eigenvalue weighted by Crippen LogP contribution is 2.18. The van der Waals surface area contributed by atoms with E-state index in [9.17, 15) is 4.79 Å². The van der Waals surface area contributed by atoms with E-state index >= 15 is 0 Å². The molecular weight excluding hydrogens is 190 g/mol. The van der Waals surface area contributed by atoms with Crippen LogP contribution in [0.5, 0.6) is 0 Å². The van der Waals surface area contributed by atoms with E-state index in [0.717, 1.165) is 18.5 Å². The van der Waals surface area contributed by atoms with Crippen LogP contribution in [-0.2, 0) is 18.3 Å². The first kappa shape index (κ1) is 10.4. The fourth-order valence-electron chi connectivity index (χ4n) is 2.19. The first-order valence-electron chi connectivity index (χ1n) is 5.40. The SMILES string of the molecule is CC1NCCC1C(=O)Cc1cnn(C)c1. The summed E-state index contributed by atoms with van der Waals surface area (Å²) in [7, 11) is 1.87. The molecule has 1 aliphatic rings. The van der Waals surface area contributed by atoms with E-state index in [1.807, 2.05) is 13.2 Å². The molecule has 0 spiro atoms. The Labute approximate surface area is 89.7 Å². The number of aromatic nitrogens is 2. The van der Waals surface area contributed by atoms with Crippen molar-refractivity contribution in [1.82, 2.24) is 15.1 Å². The van der Waals surface area contributed by atoms with Gasteiger partial charge < -0.3 is 5.32 Å². The molecule has 4 heteroatoms. The molecule has 15 heavy (non-hydrogen) atoms. The highest BCUT2D eigenvalue weighted by molar-refractivity contribution is 5.84. The van der Waals surface area contributed by atoms with Gasteiger partial charge in [-0.2, -0.15) is 5.10 Å². The topological polar surface area (TPSA) is 46.9 Å². The fourth-order valence-corrected chi connectivity index (χ4v) is 2.19. The lowest BCUT2D eigenvalue weighted by atomic mass is 9.93. The van der Waals surface area contributed by atoms with Crippen LogP contribution < -0.4 is 5.32 Å². The van der Waals surface area contributed by atoms with Gasteiger partial charge in [0.2, 0.25) is 0 Å². The normalized spacial score (nSPS) is 25.7. The Kier molecular flexibility index (Phi) is 2.86. The van der Waals surface area contributed by atoms with Crippen LogP contribution in [0.1, 0.15) is 18.9 Å². The molecule has 1 aromatic rings. The summed E-state index contributed by atoms with van der Waals surface area (Å²) < 4.78 is 1.74. The zero-order chi connectivity index (χ0) is 10.8. The summed E-state index contributed by atoms with van der Waals surface area (Å²) in [4.78, 5) is 12.0. The second kappa shape index (κ2) is 4.14. The third kappa shape index (κ3) is 2.26. The monoisotopic (exact) mass is 207 g/mol. The molecule has 4 nitrogen and oxygen atoms in total. The Morgan fingerprint density at radius 1 is 1.73 bits per heavy atom. The fraction of sp³-hybridized carbons (Fsp3) is 0.636. The minimum Gasteiger partial charge on any atom is -0.314 e. The van der Waals surface area contributed by atoms with E-state index < -0.39 is 0 Å². The van der Waals surface area contributed by atoms with Crippen molar-refractivity contribution in [3.63, 3.8) is 0 Å². The third-order valence-corrected chi connectivity index (χ3v) is 3.08. The lowest BCUT2D eigenvalue weighted by Crippen LogP contribution is -2.29. The molecule has 0 aliphatic carbocycles. The van der Waals surface area contributed by atoms with Crippen LogP contribution in [0.25, 0.3) is 0 Å². The molecule has 1 N–H and O–H groups in total. The largest absolute Gasteiger partial charge is 0.314 e. The Morgan fingerprint density at radius 3 is 3.07 bits per heavy atom. The van der Waals surface area contributed by atoms with Gasteiger partial charge in [-0.15, -0.1) is 0 Å². The Bertz CT molecular complexity index is 358. The van der Waals surface area contributed by atoms with Gasteiger partial charge in [-0.1, -0.05) is 0 Å². The van der Waals surface area contributed by atoms with Crippen molar-refractivity contribution in [2.24, 2.45) is 13.0 Å². The minimum absolute atomic E-state index is 0.185. The molecule has 2 heterocycles. The molecule has 0 radical (unpaired) electrons. The van der Waals surface area contributed by atoms with Crippen molar-refractivity contribution in [2.75, 3.05) is 6.54 Å². The van der Waals surface area contributed by atoms with Crippen molar-refractivity contribution in [3.8, 4) is 0 Å². The smallest absolute Gasteiger partial charge is 0.142 e. The number of nitrogens with one attached hydrogen (secondary N) is 1. The van der Waals surface area contributed by atoms with Gasteiger partial charge in [0, 0.05) is 31.6 Å². The van der Waals surface area contributed by atoms with E-state index in [-0.39, 0.29) is 5.92 Å². The number of aryl methyl sites for hydroxylation is 1. The van der Waals surface area contributed by atoms with Gasteiger partial charge in [0.1, 0.15) is 5.78 Å². The molecule has 1 saturated heterocycles. The van der Waals surface area contributed by atoms with Gasteiger partial charge in [0.25, 0.3) is 0 Å². The van der Waals surface area contributed by atoms with E-state index in [4.69, 9.17) is 0 Å². The predicted molar refractivity (Wildman–Crippen MR) is 57.5 cm³/mol. The maximum Gasteiger partial charge on any atom is 0.142 e. The third-order valence-electron chi connectivity index (χ3n) is 3.08. The second-order valence-corrected chi connectivity index (χ2v) is 4.30. The second-order valence-electron chi connectivity index (χ2n) is 4.30. The van der Waals surface area contributed by atoms with E-state index in [0.29, 0.717) is 18.2 Å². The van der Waals surface area contributed by atoms with Crippen molar-refractivity contribution in [2.45, 2.75) is 25.8 Å². The number of ketones is 1. The number of nitrogens with zero attached hydrogens (tertiary/aromatic N) is 2. The molecule has 1 aliphatic heterocycles. The molecule has 2 atom stereocenters. The number of carbonyl (C=O) groups excluding carboxylic acids is 1. The summed E-state index contributed by atoms with van der Waals surface area (Å²) in [6.45, 7) is 3.05. The molecule has 82 valence electrons. The molecule has 1 fully saturated rings. The van der Waals surface area contributed by atoms with Crippen LogP contribution in [-0.4, -0.2) is 28.2 Å². The predicted octanol–water partition coefficient (Wildman–Crippen LogP) is 0.530. The Hall–Kier alpha value is -1.16. The van der Waals surface area contributed by atoms with Gasteiger partial charge in [-0.25, -0.2) is 0 Å². The first-order chi connectivity index (χ1) is 7.16. The van der Waals surface area contributed by atoms with Gasteiger partial charge in [0.15, 0.2) is 0 Å². The maximum atomic E-state index is 12.0. The lowest BCUT2D eigenvalue weighted by molar-refractivity contribution is -0.122. The van der Waals surface area contributed by atoms with E-state index in [2.05, 4.69) is 17.3 Å². The zero-order valence-electron chi connectivity index (χ0n) is 9.23. The Morgan fingerprint density at radius 2 is 2.53 bits per heavy atom. The highest BCUT2D eigenvalue weighted by atomic mass is 16.1. The number of carbonyl (C=O) groups is 1. The molecule has 2 unspecified atom stereocenters. The first-order valence-corrected chi connectivity index (χ1v) is 5.40. The van der Waals surface area contributed by atoms with E-state index in [1.165, 1.54) is 0 Å². The standard InChI is InChI=1S/C11H17N3O/c1-8-10(3-4-12-8)11(15)5-9-6-13-14(2)7-9/h6-8,10,12H,3-5H2,1-2H3. The van der Waals surface area contributed by atoms with Gasteiger partial charge in [-0.05, 0) is 25.5 Å². The summed E-state index contributed by atoms with van der Waals surface area (Å²) in [6.07, 6.45) is 5.17. The van der Waals surface area contributed by atoms with Crippen LogP contribution in [0, 0.1) is 5.92 Å². The molecule has 0 amide bonds. The summed E-state index contributed by atoms with van der Waals surface area (Å²) in [5, 5.41) is 7.36. The maximum absolute atomic E-state index is 12.0. The van der Waals surface area contributed by atoms with Crippen LogP contribution in [0.2, 0.25) is 0 Å². The number of hydrogen-bond donors (Lipinski definition) is 1. The van der Waals surface area contributed by atoms with Gasteiger partial charge >= 0.3 is 0 Å². The Balaban J connectivity index is 1.97. The van der Waals surface area contributed by atoms with E-state index in [1.54, 1.807) is 10.9 Å². The van der Waals surface area contributed by atoms with Crippen molar-refractivity contribution in [1.29, 1.82) is 0 Å². The van der Waals surface area contributed by atoms with Gasteiger partial charge in [0.05, 0.1) is 6.20 Å². The van der Waals surface area contributed by atoms with Crippen molar-refractivity contribution in [3.05, 3.63) is 18.0 Å². The summed E-state index contributed by atoms with van der Waals surface area (Å²) >= 11 is 0. The average Bonchev–Trinajstić information content (AvgIpc) is 2.75. The molecule has 1 aromatic heterocycles. The summed E-state index contributed by atoms with van der Waals surface area (Å²) in [5.41, 5.74) is 1.02. The van der Waals surface area contributed by atoms with Crippen LogP contribution in [0.15, 0.2) is 12.4 Å². The van der Waals surface area contributed by atoms with Crippen LogP contribution in [0.3, 0.4) is 0 Å². The number of hydrogen-bond acceptors (Lipinski definition) is 3. The lowest BCUT2D eigenvalue weighted by Gasteiger charge is -2.12. The van der Waals surface area contributed by atoms with Crippen LogP contribution >= 0.6 is 0 Å². The average molecular weight is 207 g/mol. The highest BCUT2D eigenvalue weighted by Gasteiger charge is 2.28. The van der Waals surface area contributed by atoms with Gasteiger partial charge in [-0.3, -0.25) is 9.48 Å². The molecular formula is C11H17N3O. The molecule has 0 saturated carbocycles. The number of Topliss-reactive ketones (excluding diaryl/α,β-unsaturated/α-hetero) is 1. The minimum atomic E-state index is 0.185. The molecule has 0 bridgehead atoms. The van der Waals surface area contributed by atoms with Crippen molar-refractivity contribution >= 4 is 5.78 Å². The summed E-state index contributed by atoms with van der Waals surface area (Å²) in [6, 6.07) is 0.328. The zero-order valence-corrected chi connectivity index (χ0v) is 9.23. The molecule has 0 aromatic carbocycles. The van der Waals surface area contributed by atoms with Crippen molar-refractivity contribution < 1.29 is 4.79 Å². The number of rotatable bonds is 3. The van der Waals surface area contributed by atoms with Crippen LogP contribution in [0.4, 0.5) is 0 Å².